The van der Waals surface area contributed by atoms with Crippen molar-refractivity contribution in [3.05, 3.63) is 45.4 Å². The fourth-order valence-corrected chi connectivity index (χ4v) is 2.77. The third kappa shape index (κ3) is 3.13. The maximum Gasteiger partial charge on any atom is 0.250 e. The number of halogens is 1. The van der Waals surface area contributed by atoms with Crippen LogP contribution in [0.4, 0.5) is 0 Å². The van der Waals surface area contributed by atoms with Gasteiger partial charge in [0.15, 0.2) is 11.5 Å². The smallest absolute Gasteiger partial charge is 0.250 e. The zero-order chi connectivity index (χ0) is 15.5. The number of hydrogen-bond donors (Lipinski definition) is 1. The number of aromatic hydroxyl groups is 1. The summed E-state index contributed by atoms with van der Waals surface area (Å²) < 4.78 is 11.0. The molecule has 0 aliphatic rings. The quantitative estimate of drug-likeness (QED) is 0.768. The average molecular weight is 335 g/mol. The number of phenolic OH excluding ortho intramolecular Hbond substituents is 1. The van der Waals surface area contributed by atoms with Gasteiger partial charge < -0.3 is 14.4 Å². The third-order valence-corrected chi connectivity index (χ3v) is 4.06. The van der Waals surface area contributed by atoms with Gasteiger partial charge in [0.05, 0.1) is 11.4 Å². The Bertz CT molecular complexity index is 826. The number of ether oxygens (including phenoxy) is 1. The Morgan fingerprint density at radius 3 is 2.86 bits per heavy atom. The molecule has 0 atom stereocenters. The standard InChI is InChI=1S/C15H11ClN2O3S/c1-20-12-8-9(2-5-11(12)19)15-17-14(21-18-15)7-4-10-3-6-13(16)22-10/h2-8,19H,1H3/b7-4+. The lowest BCUT2D eigenvalue weighted by atomic mass is 10.2. The summed E-state index contributed by atoms with van der Waals surface area (Å²) in [6, 6.07) is 8.59. The number of nitrogens with zero attached hydrogens (tertiary/aromatic N) is 2. The highest BCUT2D eigenvalue weighted by Gasteiger charge is 2.10. The SMILES string of the molecule is COc1cc(-c2noc(/C=C/c3ccc(Cl)s3)n2)ccc1O. The van der Waals surface area contributed by atoms with Crippen LogP contribution in [0.15, 0.2) is 34.9 Å². The predicted octanol–water partition coefficient (Wildman–Crippen LogP) is 4.34. The molecule has 112 valence electrons. The van der Waals surface area contributed by atoms with E-state index in [4.69, 9.17) is 20.9 Å². The molecule has 0 amide bonds. The summed E-state index contributed by atoms with van der Waals surface area (Å²) in [6.07, 6.45) is 3.57. The van der Waals surface area contributed by atoms with Crippen molar-refractivity contribution in [1.82, 2.24) is 10.1 Å². The minimum atomic E-state index is 0.0597. The molecule has 2 aromatic heterocycles. The molecule has 7 heteroatoms. The first-order chi connectivity index (χ1) is 10.7. The number of aromatic nitrogens is 2. The maximum absolute atomic E-state index is 9.59. The van der Waals surface area contributed by atoms with Crippen LogP contribution in [0, 0.1) is 0 Å². The Hall–Kier alpha value is -2.31. The van der Waals surface area contributed by atoms with Crippen molar-refractivity contribution in [2.24, 2.45) is 0 Å². The van der Waals surface area contributed by atoms with Gasteiger partial charge in [0.1, 0.15) is 0 Å². The van der Waals surface area contributed by atoms with E-state index in [1.807, 2.05) is 18.2 Å². The van der Waals surface area contributed by atoms with Crippen molar-refractivity contribution < 1.29 is 14.4 Å². The number of hydrogen-bond acceptors (Lipinski definition) is 6. The lowest BCUT2D eigenvalue weighted by Crippen LogP contribution is -1.86. The monoisotopic (exact) mass is 334 g/mol. The molecule has 0 fully saturated rings. The Morgan fingerprint density at radius 1 is 1.27 bits per heavy atom. The molecular formula is C15H11ClN2O3S. The van der Waals surface area contributed by atoms with Gasteiger partial charge in [-0.05, 0) is 36.4 Å². The number of benzene rings is 1. The zero-order valence-electron chi connectivity index (χ0n) is 11.5. The van der Waals surface area contributed by atoms with E-state index < -0.39 is 0 Å². The fourth-order valence-electron chi connectivity index (χ4n) is 1.81. The summed E-state index contributed by atoms with van der Waals surface area (Å²) in [4.78, 5) is 5.27. The molecule has 0 saturated heterocycles. The summed E-state index contributed by atoms with van der Waals surface area (Å²) in [5.41, 5.74) is 0.692. The molecule has 5 nitrogen and oxygen atoms in total. The summed E-state index contributed by atoms with van der Waals surface area (Å²) in [6.45, 7) is 0. The third-order valence-electron chi connectivity index (χ3n) is 2.86. The Labute approximate surface area is 135 Å². The van der Waals surface area contributed by atoms with Crippen molar-refractivity contribution >= 4 is 35.1 Å². The minimum absolute atomic E-state index is 0.0597. The summed E-state index contributed by atoms with van der Waals surface area (Å²) in [7, 11) is 1.48. The molecular weight excluding hydrogens is 324 g/mol. The van der Waals surface area contributed by atoms with Crippen LogP contribution in [-0.2, 0) is 0 Å². The fraction of sp³-hybridized carbons (Fsp3) is 0.0667. The van der Waals surface area contributed by atoms with Gasteiger partial charge in [-0.25, -0.2) is 0 Å². The van der Waals surface area contributed by atoms with Crippen molar-refractivity contribution in [3.63, 3.8) is 0 Å². The predicted molar refractivity (Wildman–Crippen MR) is 86.2 cm³/mol. The van der Waals surface area contributed by atoms with E-state index in [9.17, 15) is 5.11 Å². The van der Waals surface area contributed by atoms with E-state index in [0.29, 0.717) is 23.0 Å². The average Bonchev–Trinajstić information content (AvgIpc) is 3.14. The van der Waals surface area contributed by atoms with Crippen molar-refractivity contribution in [3.8, 4) is 22.9 Å². The van der Waals surface area contributed by atoms with Crippen LogP contribution in [0.5, 0.6) is 11.5 Å². The van der Waals surface area contributed by atoms with Crippen LogP contribution in [0.25, 0.3) is 23.5 Å². The van der Waals surface area contributed by atoms with Crippen molar-refractivity contribution in [2.45, 2.75) is 0 Å². The molecule has 1 aromatic carbocycles. The number of phenols is 1. The van der Waals surface area contributed by atoms with Gasteiger partial charge in [0.2, 0.25) is 5.82 Å². The Morgan fingerprint density at radius 2 is 2.14 bits per heavy atom. The number of methoxy groups -OCH3 is 1. The van der Waals surface area contributed by atoms with Crippen LogP contribution in [-0.4, -0.2) is 22.4 Å². The van der Waals surface area contributed by atoms with Gasteiger partial charge in [-0.2, -0.15) is 4.98 Å². The normalized spacial score (nSPS) is 11.2. The molecule has 0 aliphatic heterocycles. The van der Waals surface area contributed by atoms with Gasteiger partial charge in [-0.1, -0.05) is 16.8 Å². The van der Waals surface area contributed by atoms with Crippen molar-refractivity contribution in [2.75, 3.05) is 7.11 Å². The second kappa shape index (κ2) is 6.21. The second-order valence-corrected chi connectivity index (χ2v) is 6.06. The Kier molecular flexibility index (Phi) is 4.13. The van der Waals surface area contributed by atoms with E-state index in [1.165, 1.54) is 24.5 Å². The highest BCUT2D eigenvalue weighted by atomic mass is 35.5. The molecule has 22 heavy (non-hydrogen) atoms. The van der Waals surface area contributed by atoms with Crippen LogP contribution < -0.4 is 4.74 Å². The maximum atomic E-state index is 9.59. The lowest BCUT2D eigenvalue weighted by Gasteiger charge is -2.03. The first-order valence-electron chi connectivity index (χ1n) is 6.30. The summed E-state index contributed by atoms with van der Waals surface area (Å²) in [5.74, 6) is 1.21. The van der Waals surface area contributed by atoms with E-state index in [2.05, 4.69) is 10.1 Å². The first-order valence-corrected chi connectivity index (χ1v) is 7.49. The summed E-state index contributed by atoms with van der Waals surface area (Å²) >= 11 is 7.33. The van der Waals surface area contributed by atoms with Gasteiger partial charge in [0.25, 0.3) is 5.89 Å². The van der Waals surface area contributed by atoms with Gasteiger partial charge in [-0.3, -0.25) is 0 Å². The second-order valence-electron chi connectivity index (χ2n) is 4.32. The molecule has 0 unspecified atom stereocenters. The largest absolute Gasteiger partial charge is 0.504 e. The van der Waals surface area contributed by atoms with Gasteiger partial charge >= 0.3 is 0 Å². The Balaban J connectivity index is 1.83. The molecule has 0 saturated carbocycles. The van der Waals surface area contributed by atoms with Gasteiger partial charge in [-0.15, -0.1) is 11.3 Å². The molecule has 3 aromatic rings. The molecule has 2 heterocycles. The topological polar surface area (TPSA) is 68.4 Å². The van der Waals surface area contributed by atoms with Crippen LogP contribution >= 0.6 is 22.9 Å². The lowest BCUT2D eigenvalue weighted by molar-refractivity contribution is 0.373. The van der Waals surface area contributed by atoms with Crippen molar-refractivity contribution in [1.29, 1.82) is 0 Å². The number of thiophene rings is 1. The molecule has 3 rings (SSSR count). The van der Waals surface area contributed by atoms with E-state index in [-0.39, 0.29) is 5.75 Å². The molecule has 0 spiro atoms. The number of rotatable bonds is 4. The summed E-state index contributed by atoms with van der Waals surface area (Å²) in [5, 5.41) is 13.5. The van der Waals surface area contributed by atoms with Crippen LogP contribution in [0.3, 0.4) is 0 Å². The highest BCUT2D eigenvalue weighted by molar-refractivity contribution is 7.17. The highest BCUT2D eigenvalue weighted by Crippen LogP contribution is 2.30. The van der Waals surface area contributed by atoms with Crippen LogP contribution in [0.2, 0.25) is 4.34 Å². The first kappa shape index (κ1) is 14.6. The van der Waals surface area contributed by atoms with E-state index >= 15 is 0 Å². The zero-order valence-corrected chi connectivity index (χ0v) is 13.1. The van der Waals surface area contributed by atoms with Gasteiger partial charge in [0, 0.05) is 16.5 Å². The molecule has 1 N–H and O–H groups in total. The molecule has 0 radical (unpaired) electrons. The van der Waals surface area contributed by atoms with Crippen LogP contribution in [0.1, 0.15) is 10.8 Å². The molecule has 0 aliphatic carbocycles. The van der Waals surface area contributed by atoms with E-state index in [1.54, 1.807) is 18.2 Å². The molecule has 0 bridgehead atoms. The van der Waals surface area contributed by atoms with E-state index in [0.717, 1.165) is 9.21 Å². The minimum Gasteiger partial charge on any atom is -0.504 e.